The summed E-state index contributed by atoms with van der Waals surface area (Å²) < 4.78 is 11.3. The summed E-state index contributed by atoms with van der Waals surface area (Å²) in [5.74, 6) is -6.22. The maximum Gasteiger partial charge on any atom is 0.335 e. The number of carbonyl (C=O) groups excluding carboxylic acids is 4. The molecule has 0 aliphatic rings. The van der Waals surface area contributed by atoms with Crippen molar-refractivity contribution in [3.8, 4) is 0 Å². The summed E-state index contributed by atoms with van der Waals surface area (Å²) in [6.07, 6.45) is 0. The lowest BCUT2D eigenvalue weighted by Gasteiger charge is -2.36. The van der Waals surface area contributed by atoms with Crippen LogP contribution in [-0.2, 0) is 35.2 Å². The van der Waals surface area contributed by atoms with Crippen molar-refractivity contribution in [1.29, 1.82) is 0 Å². The molecule has 46 heavy (non-hydrogen) atoms. The second-order valence-electron chi connectivity index (χ2n) is 10.4. The van der Waals surface area contributed by atoms with Gasteiger partial charge in [-0.25, -0.2) is 4.79 Å². The fraction of sp³-hybridized carbons (Fsp3) is 0.216. The number of ether oxygens (including phenoxy) is 2. The molecule has 0 aliphatic carbocycles. The molecular weight excluding hydrogens is 621 g/mol. The average Bonchev–Trinajstić information content (AvgIpc) is 3.07. The molecule has 2 atom stereocenters. The van der Waals surface area contributed by atoms with Gasteiger partial charge in [0.1, 0.15) is 17.6 Å². The van der Waals surface area contributed by atoms with Crippen LogP contribution in [0.4, 0.5) is 0 Å². The highest BCUT2D eigenvalue weighted by Gasteiger charge is 2.48. The van der Waals surface area contributed by atoms with Crippen LogP contribution in [0.25, 0.3) is 0 Å². The first-order valence-corrected chi connectivity index (χ1v) is 17.2. The number of ketones is 1. The molecule has 0 bridgehead atoms. The van der Waals surface area contributed by atoms with E-state index in [1.54, 1.807) is 38.1 Å². The van der Waals surface area contributed by atoms with Crippen molar-refractivity contribution in [3.63, 3.8) is 0 Å². The lowest BCUT2D eigenvalue weighted by Crippen LogP contribution is -2.50. The van der Waals surface area contributed by atoms with Gasteiger partial charge in [0.15, 0.2) is 0 Å². The lowest BCUT2D eigenvalue weighted by atomic mass is 9.85. The second-order valence-corrected chi connectivity index (χ2v) is 14.2. The topological polar surface area (TPSA) is 98.8 Å². The first-order valence-electron chi connectivity index (χ1n) is 15.1. The maximum atomic E-state index is 14.5. The Kier molecular flexibility index (Phi) is 12.1. The van der Waals surface area contributed by atoms with Crippen LogP contribution in [0.15, 0.2) is 115 Å². The van der Waals surface area contributed by atoms with Crippen LogP contribution in [0.2, 0.25) is 5.02 Å². The summed E-state index contributed by atoms with van der Waals surface area (Å²) in [5, 5.41) is 5.45. The van der Waals surface area contributed by atoms with Crippen molar-refractivity contribution >= 4 is 63.3 Å². The molecule has 7 nitrogen and oxygen atoms in total. The second kappa shape index (κ2) is 16.2. The molecule has 0 radical (unpaired) electrons. The van der Waals surface area contributed by atoms with E-state index in [0.717, 1.165) is 15.9 Å². The van der Waals surface area contributed by atoms with Crippen LogP contribution in [0.3, 0.4) is 0 Å². The summed E-state index contributed by atoms with van der Waals surface area (Å²) in [6, 6.07) is 35.1. The van der Waals surface area contributed by atoms with Crippen LogP contribution in [-0.4, -0.2) is 42.1 Å². The first kappa shape index (κ1) is 34.4. The normalized spacial score (nSPS) is 12.3. The molecule has 4 aromatic rings. The number of halogens is 1. The lowest BCUT2D eigenvalue weighted by molar-refractivity contribution is -0.153. The fourth-order valence-electron chi connectivity index (χ4n) is 5.64. The number of esters is 2. The Morgan fingerprint density at radius 1 is 0.674 bits per heavy atom. The van der Waals surface area contributed by atoms with E-state index in [4.69, 9.17) is 21.1 Å². The van der Waals surface area contributed by atoms with Gasteiger partial charge in [-0.1, -0.05) is 121 Å². The van der Waals surface area contributed by atoms with Gasteiger partial charge in [-0.3, -0.25) is 14.4 Å². The number of carbonyl (C=O) groups is 4. The zero-order chi connectivity index (χ0) is 33.1. The van der Waals surface area contributed by atoms with Gasteiger partial charge < -0.3 is 14.8 Å². The summed E-state index contributed by atoms with van der Waals surface area (Å²) in [7, 11) is 0. The summed E-state index contributed by atoms with van der Waals surface area (Å²) in [6.45, 7) is 1.19. The van der Waals surface area contributed by atoms with E-state index in [1.807, 2.05) is 91.0 Å². The van der Waals surface area contributed by atoms with Crippen LogP contribution < -0.4 is 21.2 Å². The summed E-state index contributed by atoms with van der Waals surface area (Å²) >= 11 is 6.34. The largest absolute Gasteiger partial charge is 0.465 e. The van der Waals surface area contributed by atoms with E-state index in [1.165, 1.54) is 6.92 Å². The van der Waals surface area contributed by atoms with Crippen LogP contribution >= 0.6 is 18.5 Å². The molecule has 0 aliphatic heterocycles. The number of Topliss-reactive ketones (excluding diaryl/α,β-unsaturated/α-hetero) is 1. The fourth-order valence-corrected chi connectivity index (χ4v) is 10.4. The maximum absolute atomic E-state index is 14.5. The van der Waals surface area contributed by atoms with E-state index in [-0.39, 0.29) is 25.1 Å². The third-order valence-corrected chi connectivity index (χ3v) is 12.3. The standard InChI is InChI=1S/C37H37ClNO6P/c1-4-44-36(42)33(32(26(3)40)35(41)39-25-27-17-15-16-24-31(27)38)34(37(43)45-5-2)46(28-18-9-6-10-19-28,29-20-11-7-12-21-29)30-22-13-8-14-23-30/h6-24,32-33H,4-5,25H2,1-3H3,(H,39,41)/t32-,33+/m1/s1. The molecule has 0 saturated carbocycles. The van der Waals surface area contributed by atoms with E-state index in [9.17, 15) is 19.2 Å². The van der Waals surface area contributed by atoms with Gasteiger partial charge >= 0.3 is 11.9 Å². The Balaban J connectivity index is 2.16. The van der Waals surface area contributed by atoms with Gasteiger partial charge in [0.05, 0.1) is 18.5 Å². The number of rotatable bonds is 13. The smallest absolute Gasteiger partial charge is 0.335 e. The molecule has 4 rings (SSSR count). The average molecular weight is 658 g/mol. The molecule has 0 spiro atoms. The minimum Gasteiger partial charge on any atom is -0.465 e. The van der Waals surface area contributed by atoms with Crippen molar-refractivity contribution in [2.45, 2.75) is 27.3 Å². The SMILES string of the molecule is CCOC(=O)C([C@@H](C(=O)OCC)[C@@H](C(C)=O)C(=O)NCc1ccccc1Cl)=P(c1ccccc1)(c1ccccc1)c1ccccc1. The van der Waals surface area contributed by atoms with Crippen molar-refractivity contribution in [2.75, 3.05) is 13.2 Å². The van der Waals surface area contributed by atoms with E-state index in [0.29, 0.717) is 10.6 Å². The minimum absolute atomic E-state index is 0.000309. The van der Waals surface area contributed by atoms with Crippen molar-refractivity contribution in [2.24, 2.45) is 11.8 Å². The molecule has 0 saturated heterocycles. The van der Waals surface area contributed by atoms with Gasteiger partial charge in [-0.2, -0.15) is 0 Å². The summed E-state index contributed by atoms with van der Waals surface area (Å²) in [5.41, 5.74) is 0.627. The third kappa shape index (κ3) is 7.33. The number of benzene rings is 4. The Morgan fingerprint density at radius 2 is 1.13 bits per heavy atom. The summed E-state index contributed by atoms with van der Waals surface area (Å²) in [4.78, 5) is 56.5. The van der Waals surface area contributed by atoms with E-state index < -0.39 is 42.4 Å². The van der Waals surface area contributed by atoms with Gasteiger partial charge in [-0.05, 0) is 55.2 Å². The third-order valence-electron chi connectivity index (χ3n) is 7.58. The minimum atomic E-state index is -3.31. The Bertz CT molecular complexity index is 1620. The van der Waals surface area contributed by atoms with Gasteiger partial charge in [0.25, 0.3) is 0 Å². The molecule has 0 unspecified atom stereocenters. The van der Waals surface area contributed by atoms with E-state index in [2.05, 4.69) is 5.32 Å². The molecule has 1 N–H and O–H groups in total. The predicted octanol–water partition coefficient (Wildman–Crippen LogP) is 5.07. The number of nitrogens with one attached hydrogen (secondary N) is 1. The Labute approximate surface area is 274 Å². The molecule has 0 heterocycles. The van der Waals surface area contributed by atoms with Gasteiger partial charge in [-0.15, -0.1) is 0 Å². The van der Waals surface area contributed by atoms with Crippen molar-refractivity contribution < 1.29 is 28.7 Å². The zero-order valence-electron chi connectivity index (χ0n) is 26.0. The zero-order valence-corrected chi connectivity index (χ0v) is 27.7. The number of amides is 1. The highest BCUT2D eigenvalue weighted by molar-refractivity contribution is 7.96. The molecule has 0 fully saturated rings. The van der Waals surface area contributed by atoms with Crippen molar-refractivity contribution in [3.05, 3.63) is 126 Å². The number of hydrogen-bond acceptors (Lipinski definition) is 6. The molecular formula is C37H37ClNO6P. The Morgan fingerprint density at radius 3 is 1.57 bits per heavy atom. The van der Waals surface area contributed by atoms with Crippen molar-refractivity contribution in [1.82, 2.24) is 5.32 Å². The molecule has 4 aromatic carbocycles. The van der Waals surface area contributed by atoms with Crippen LogP contribution in [0.1, 0.15) is 26.3 Å². The molecule has 9 heteroatoms. The van der Waals surface area contributed by atoms with Gasteiger partial charge in [0, 0.05) is 11.6 Å². The number of hydrogen-bond donors (Lipinski definition) is 1. The monoisotopic (exact) mass is 657 g/mol. The molecule has 238 valence electrons. The Hall–Kier alpha value is -4.45. The highest BCUT2D eigenvalue weighted by atomic mass is 35.5. The first-order chi connectivity index (χ1) is 22.3. The highest BCUT2D eigenvalue weighted by Crippen LogP contribution is 2.49. The quantitative estimate of drug-likeness (QED) is 0.123. The predicted molar refractivity (Wildman–Crippen MR) is 184 cm³/mol. The van der Waals surface area contributed by atoms with Crippen LogP contribution in [0.5, 0.6) is 0 Å². The van der Waals surface area contributed by atoms with E-state index >= 15 is 0 Å². The van der Waals surface area contributed by atoms with Crippen LogP contribution in [0, 0.1) is 11.8 Å². The van der Waals surface area contributed by atoms with Gasteiger partial charge in [0.2, 0.25) is 5.91 Å². The molecule has 1 amide bonds. The molecule has 0 aromatic heterocycles.